The molecule has 2 fully saturated rings. The van der Waals surface area contributed by atoms with Crippen LogP contribution < -0.4 is 5.32 Å². The number of hydrogen-bond donors (Lipinski definition) is 1. The molecule has 1 aliphatic heterocycles. The zero-order valence-electron chi connectivity index (χ0n) is 9.54. The van der Waals surface area contributed by atoms with Crippen molar-refractivity contribution in [2.45, 2.75) is 38.1 Å². The Bertz CT molecular complexity index is 264. The van der Waals surface area contributed by atoms with Gasteiger partial charge < -0.3 is 10.1 Å². The van der Waals surface area contributed by atoms with E-state index in [4.69, 9.17) is 4.74 Å². The summed E-state index contributed by atoms with van der Waals surface area (Å²) in [5.74, 6) is 4.14. The minimum absolute atomic E-state index is 0.514. The molecular weight excluding hydrogens is 186 g/mol. The zero-order chi connectivity index (χ0) is 10.3. The highest BCUT2D eigenvalue weighted by Crippen LogP contribution is 2.59. The van der Waals surface area contributed by atoms with Crippen LogP contribution >= 0.6 is 0 Å². The second-order valence-corrected chi connectivity index (χ2v) is 5.20. The highest BCUT2D eigenvalue weighted by molar-refractivity contribution is 5.17. The van der Waals surface area contributed by atoms with Gasteiger partial charge in [-0.1, -0.05) is 6.42 Å². The molecule has 2 nitrogen and oxygen atoms in total. The molecule has 0 bridgehead atoms. The van der Waals surface area contributed by atoms with E-state index in [1.807, 2.05) is 0 Å². The lowest BCUT2D eigenvalue weighted by molar-refractivity contribution is 0.160. The molecule has 2 heteroatoms. The van der Waals surface area contributed by atoms with Gasteiger partial charge in [-0.05, 0) is 56.6 Å². The highest BCUT2D eigenvalue weighted by atomic mass is 16.5. The molecule has 3 rings (SSSR count). The molecule has 2 aliphatic carbocycles. The third-order valence-corrected chi connectivity index (χ3v) is 4.44. The zero-order valence-corrected chi connectivity index (χ0v) is 9.54. The van der Waals surface area contributed by atoms with Gasteiger partial charge in [-0.3, -0.25) is 0 Å². The van der Waals surface area contributed by atoms with Crippen molar-refractivity contribution in [1.82, 2.24) is 5.32 Å². The molecule has 0 amide bonds. The maximum absolute atomic E-state index is 5.80. The first-order chi connectivity index (χ1) is 7.42. The van der Waals surface area contributed by atoms with Gasteiger partial charge in [0.2, 0.25) is 0 Å². The van der Waals surface area contributed by atoms with Crippen molar-refractivity contribution >= 4 is 0 Å². The third kappa shape index (κ3) is 1.59. The molecule has 15 heavy (non-hydrogen) atoms. The molecule has 3 unspecified atom stereocenters. The topological polar surface area (TPSA) is 21.3 Å². The van der Waals surface area contributed by atoms with Crippen molar-refractivity contribution in [1.29, 1.82) is 0 Å². The molecule has 2 saturated carbocycles. The summed E-state index contributed by atoms with van der Waals surface area (Å²) in [5, 5.41) is 3.47. The van der Waals surface area contributed by atoms with Crippen LogP contribution in [0, 0.1) is 17.8 Å². The van der Waals surface area contributed by atoms with Gasteiger partial charge in [-0.2, -0.15) is 0 Å². The molecule has 1 heterocycles. The largest absolute Gasteiger partial charge is 0.497 e. The van der Waals surface area contributed by atoms with E-state index >= 15 is 0 Å². The van der Waals surface area contributed by atoms with E-state index in [0.717, 1.165) is 24.4 Å². The van der Waals surface area contributed by atoms with Gasteiger partial charge in [-0.15, -0.1) is 0 Å². The summed E-state index contributed by atoms with van der Waals surface area (Å²) in [5.41, 5.74) is 0. The molecule has 3 aliphatic rings. The van der Waals surface area contributed by atoms with Crippen molar-refractivity contribution in [3.05, 3.63) is 11.8 Å². The lowest BCUT2D eigenvalue weighted by atomic mass is 10.0. The third-order valence-electron chi connectivity index (χ3n) is 4.44. The number of likely N-dealkylation sites (N-methyl/N-ethyl adjacent to an activating group) is 1. The average molecular weight is 207 g/mol. The Morgan fingerprint density at radius 3 is 2.73 bits per heavy atom. The summed E-state index contributed by atoms with van der Waals surface area (Å²) < 4.78 is 5.80. The standard InChI is InChI=1S/C13H21NO/c1-14-13(11-7-2-3-8-15-11)12-9-5-4-6-10(9)12/h7,9-10,12-14H,2-6,8H2,1H3. The molecule has 84 valence electrons. The number of ether oxygens (including phenoxy) is 1. The maximum Gasteiger partial charge on any atom is 0.109 e. The van der Waals surface area contributed by atoms with Crippen LogP contribution in [0.15, 0.2) is 11.8 Å². The number of hydrogen-bond acceptors (Lipinski definition) is 2. The predicted octanol–water partition coefficient (Wildman–Crippen LogP) is 2.31. The lowest BCUT2D eigenvalue weighted by Gasteiger charge is -2.24. The monoisotopic (exact) mass is 207 g/mol. The van der Waals surface area contributed by atoms with Crippen LogP contribution in [-0.2, 0) is 4.74 Å². The summed E-state index contributed by atoms with van der Waals surface area (Å²) in [6, 6.07) is 0.514. The summed E-state index contributed by atoms with van der Waals surface area (Å²) in [4.78, 5) is 0. The van der Waals surface area contributed by atoms with E-state index in [2.05, 4.69) is 18.4 Å². The summed E-state index contributed by atoms with van der Waals surface area (Å²) in [7, 11) is 2.08. The second kappa shape index (κ2) is 3.82. The molecule has 0 saturated heterocycles. The summed E-state index contributed by atoms with van der Waals surface area (Å²) in [6.45, 7) is 0.923. The van der Waals surface area contributed by atoms with Gasteiger partial charge in [-0.25, -0.2) is 0 Å². The average Bonchev–Trinajstić information content (AvgIpc) is 2.76. The molecular formula is C13H21NO. The Labute approximate surface area is 92.1 Å². The summed E-state index contributed by atoms with van der Waals surface area (Å²) >= 11 is 0. The quantitative estimate of drug-likeness (QED) is 0.767. The SMILES string of the molecule is CNC(C1=CCCCO1)C1C2CCCC21. The van der Waals surface area contributed by atoms with Gasteiger partial charge in [0.1, 0.15) is 5.76 Å². The van der Waals surface area contributed by atoms with Gasteiger partial charge in [0.15, 0.2) is 0 Å². The van der Waals surface area contributed by atoms with E-state index in [0.29, 0.717) is 6.04 Å². The van der Waals surface area contributed by atoms with Crippen molar-refractivity contribution in [3.8, 4) is 0 Å². The van der Waals surface area contributed by atoms with Gasteiger partial charge in [0.25, 0.3) is 0 Å². The molecule has 0 aromatic rings. The van der Waals surface area contributed by atoms with Crippen LogP contribution in [0.25, 0.3) is 0 Å². The van der Waals surface area contributed by atoms with E-state index < -0.39 is 0 Å². The van der Waals surface area contributed by atoms with Gasteiger partial charge >= 0.3 is 0 Å². The Kier molecular flexibility index (Phi) is 2.47. The van der Waals surface area contributed by atoms with E-state index in [9.17, 15) is 0 Å². The molecule has 0 aromatic heterocycles. The van der Waals surface area contributed by atoms with Crippen molar-refractivity contribution in [3.63, 3.8) is 0 Å². The lowest BCUT2D eigenvalue weighted by Crippen LogP contribution is -2.33. The minimum Gasteiger partial charge on any atom is -0.497 e. The normalized spacial score (nSPS) is 40.3. The van der Waals surface area contributed by atoms with Crippen LogP contribution in [0.3, 0.4) is 0 Å². The summed E-state index contributed by atoms with van der Waals surface area (Å²) in [6.07, 6.45) is 9.08. The second-order valence-electron chi connectivity index (χ2n) is 5.20. The van der Waals surface area contributed by atoms with Crippen LogP contribution in [-0.4, -0.2) is 19.7 Å². The smallest absolute Gasteiger partial charge is 0.109 e. The first kappa shape index (κ1) is 9.71. The van der Waals surface area contributed by atoms with Gasteiger partial charge in [0.05, 0.1) is 12.6 Å². The predicted molar refractivity (Wildman–Crippen MR) is 60.4 cm³/mol. The van der Waals surface area contributed by atoms with E-state index in [-0.39, 0.29) is 0 Å². The van der Waals surface area contributed by atoms with E-state index in [1.54, 1.807) is 0 Å². The molecule has 1 N–H and O–H groups in total. The number of rotatable bonds is 3. The Balaban J connectivity index is 1.69. The number of nitrogens with one attached hydrogen (secondary N) is 1. The number of fused-ring (bicyclic) bond motifs is 1. The van der Waals surface area contributed by atoms with Crippen LogP contribution in [0.4, 0.5) is 0 Å². The fourth-order valence-corrected chi connectivity index (χ4v) is 3.69. The Hall–Kier alpha value is -0.500. The molecule has 0 spiro atoms. The Morgan fingerprint density at radius 1 is 1.33 bits per heavy atom. The van der Waals surface area contributed by atoms with Crippen LogP contribution in [0.5, 0.6) is 0 Å². The highest BCUT2D eigenvalue weighted by Gasteiger charge is 2.56. The van der Waals surface area contributed by atoms with Crippen molar-refractivity contribution in [2.24, 2.45) is 17.8 Å². The number of allylic oxidation sites excluding steroid dienone is 1. The maximum atomic E-state index is 5.80. The first-order valence-corrected chi connectivity index (χ1v) is 6.42. The van der Waals surface area contributed by atoms with E-state index in [1.165, 1.54) is 37.9 Å². The molecule has 3 atom stereocenters. The molecule has 0 aromatic carbocycles. The fourth-order valence-electron chi connectivity index (χ4n) is 3.69. The fraction of sp³-hybridized carbons (Fsp3) is 0.846. The van der Waals surface area contributed by atoms with Crippen molar-refractivity contribution in [2.75, 3.05) is 13.7 Å². The van der Waals surface area contributed by atoms with Crippen LogP contribution in [0.2, 0.25) is 0 Å². The minimum atomic E-state index is 0.514. The van der Waals surface area contributed by atoms with Crippen LogP contribution in [0.1, 0.15) is 32.1 Å². The Morgan fingerprint density at radius 2 is 2.13 bits per heavy atom. The first-order valence-electron chi connectivity index (χ1n) is 6.42. The molecule has 0 radical (unpaired) electrons. The van der Waals surface area contributed by atoms with Crippen molar-refractivity contribution < 1.29 is 4.74 Å². The van der Waals surface area contributed by atoms with Gasteiger partial charge in [0, 0.05) is 0 Å².